The van der Waals surface area contributed by atoms with Gasteiger partial charge >= 0.3 is 0 Å². The molecule has 0 saturated carbocycles. The highest BCUT2D eigenvalue weighted by Gasteiger charge is 2.25. The average molecular weight is 411 g/mol. The van der Waals surface area contributed by atoms with Crippen LogP contribution in [-0.2, 0) is 29.1 Å². The minimum Gasteiger partial charge on any atom is -0.361 e. The standard InChI is InChI=1S/C24H27ClN2O2/c1-5-18-9-8-11-19(13-18)23-14-21(16-29-24(3,4)17(2)28)26-27(23)15-20-10-6-7-12-22(20)25/h6-14H,5,15-16H2,1-4H3. The Morgan fingerprint density at radius 1 is 1.14 bits per heavy atom. The van der Waals surface area contributed by atoms with E-state index in [4.69, 9.17) is 21.4 Å². The summed E-state index contributed by atoms with van der Waals surface area (Å²) in [6.45, 7) is 8.06. The lowest BCUT2D eigenvalue weighted by Gasteiger charge is -2.21. The van der Waals surface area contributed by atoms with E-state index >= 15 is 0 Å². The molecule has 0 bridgehead atoms. The fourth-order valence-electron chi connectivity index (χ4n) is 2.99. The number of aromatic nitrogens is 2. The molecule has 0 spiro atoms. The molecule has 152 valence electrons. The number of ether oxygens (including phenoxy) is 1. The van der Waals surface area contributed by atoms with Gasteiger partial charge in [-0.2, -0.15) is 5.10 Å². The van der Waals surface area contributed by atoms with Gasteiger partial charge in [0.15, 0.2) is 5.78 Å². The topological polar surface area (TPSA) is 44.1 Å². The smallest absolute Gasteiger partial charge is 0.161 e. The molecule has 0 amide bonds. The van der Waals surface area contributed by atoms with Gasteiger partial charge in [0.05, 0.1) is 24.5 Å². The lowest BCUT2D eigenvalue weighted by atomic mass is 10.1. The molecule has 0 aliphatic carbocycles. The molecule has 0 fully saturated rings. The zero-order valence-corrected chi connectivity index (χ0v) is 18.2. The number of nitrogens with zero attached hydrogens (tertiary/aromatic N) is 2. The summed E-state index contributed by atoms with van der Waals surface area (Å²) in [5.74, 6) is -0.0103. The van der Waals surface area contributed by atoms with Gasteiger partial charge < -0.3 is 4.74 Å². The van der Waals surface area contributed by atoms with Gasteiger partial charge in [0.25, 0.3) is 0 Å². The third kappa shape index (κ3) is 5.14. The van der Waals surface area contributed by atoms with Crippen molar-refractivity contribution in [3.05, 3.63) is 76.4 Å². The number of Topliss-reactive ketones (excluding diaryl/α,β-unsaturated/α-hetero) is 1. The van der Waals surface area contributed by atoms with Crippen LogP contribution in [0, 0.1) is 0 Å². The Hall–Kier alpha value is -2.43. The Balaban J connectivity index is 1.96. The molecule has 0 unspecified atom stereocenters. The Morgan fingerprint density at radius 3 is 2.59 bits per heavy atom. The number of carbonyl (C=O) groups excluding carboxylic acids is 1. The Labute approximate surface area is 177 Å². The van der Waals surface area contributed by atoms with Crippen molar-refractivity contribution in [2.45, 2.75) is 52.9 Å². The second-order valence-corrected chi connectivity index (χ2v) is 8.09. The summed E-state index contributed by atoms with van der Waals surface area (Å²) in [7, 11) is 0. The van der Waals surface area contributed by atoms with Crippen molar-refractivity contribution in [2.24, 2.45) is 0 Å². The molecular weight excluding hydrogens is 384 g/mol. The molecular formula is C24H27ClN2O2. The molecule has 0 N–H and O–H groups in total. The van der Waals surface area contributed by atoms with Crippen LogP contribution in [0.2, 0.25) is 5.02 Å². The molecule has 0 atom stereocenters. The van der Waals surface area contributed by atoms with E-state index in [-0.39, 0.29) is 12.4 Å². The van der Waals surface area contributed by atoms with Gasteiger partial charge in [0, 0.05) is 10.6 Å². The predicted octanol–water partition coefficient (Wildman–Crippen LogP) is 5.70. The van der Waals surface area contributed by atoms with Crippen LogP contribution < -0.4 is 0 Å². The van der Waals surface area contributed by atoms with Crippen molar-refractivity contribution in [3.63, 3.8) is 0 Å². The van der Waals surface area contributed by atoms with Gasteiger partial charge in [0.1, 0.15) is 5.60 Å². The number of hydrogen-bond donors (Lipinski definition) is 0. The zero-order chi connectivity index (χ0) is 21.0. The molecule has 3 aromatic rings. The Morgan fingerprint density at radius 2 is 1.90 bits per heavy atom. The van der Waals surface area contributed by atoms with Gasteiger partial charge in [-0.1, -0.05) is 54.9 Å². The molecule has 4 nitrogen and oxygen atoms in total. The molecule has 1 heterocycles. The predicted molar refractivity (Wildman–Crippen MR) is 117 cm³/mol. The number of halogens is 1. The van der Waals surface area contributed by atoms with E-state index in [9.17, 15) is 4.79 Å². The summed E-state index contributed by atoms with van der Waals surface area (Å²) in [6, 6.07) is 18.3. The largest absolute Gasteiger partial charge is 0.361 e. The van der Waals surface area contributed by atoms with Crippen LogP contribution >= 0.6 is 11.6 Å². The quantitative estimate of drug-likeness (QED) is 0.478. The molecule has 0 aliphatic rings. The first kappa shape index (κ1) is 21.3. The lowest BCUT2D eigenvalue weighted by molar-refractivity contribution is -0.139. The van der Waals surface area contributed by atoms with Crippen molar-refractivity contribution >= 4 is 17.4 Å². The second-order valence-electron chi connectivity index (χ2n) is 7.68. The van der Waals surface area contributed by atoms with Crippen LogP contribution in [0.25, 0.3) is 11.3 Å². The maximum atomic E-state index is 11.8. The molecule has 0 radical (unpaired) electrons. The van der Waals surface area contributed by atoms with Crippen molar-refractivity contribution in [1.29, 1.82) is 0 Å². The van der Waals surface area contributed by atoms with Crippen molar-refractivity contribution < 1.29 is 9.53 Å². The average Bonchev–Trinajstić information content (AvgIpc) is 3.11. The van der Waals surface area contributed by atoms with Crippen molar-refractivity contribution in [2.75, 3.05) is 0 Å². The van der Waals surface area contributed by atoms with E-state index in [1.54, 1.807) is 13.8 Å². The summed E-state index contributed by atoms with van der Waals surface area (Å²) in [5.41, 5.74) is 4.31. The summed E-state index contributed by atoms with van der Waals surface area (Å²) >= 11 is 6.38. The van der Waals surface area contributed by atoms with E-state index in [1.807, 2.05) is 35.0 Å². The minimum atomic E-state index is -0.838. The number of carbonyl (C=O) groups is 1. The van der Waals surface area contributed by atoms with Crippen molar-refractivity contribution in [1.82, 2.24) is 9.78 Å². The van der Waals surface area contributed by atoms with E-state index in [0.717, 1.165) is 28.9 Å². The van der Waals surface area contributed by atoms with Gasteiger partial charge in [0.2, 0.25) is 0 Å². The Kier molecular flexibility index (Phi) is 6.56. The molecule has 1 aromatic heterocycles. The first-order chi connectivity index (χ1) is 13.8. The first-order valence-corrected chi connectivity index (χ1v) is 10.2. The van der Waals surface area contributed by atoms with Crippen LogP contribution in [0.1, 0.15) is 44.5 Å². The van der Waals surface area contributed by atoms with Gasteiger partial charge in [-0.3, -0.25) is 9.48 Å². The first-order valence-electron chi connectivity index (χ1n) is 9.84. The Bertz CT molecular complexity index is 1010. The van der Waals surface area contributed by atoms with E-state index in [1.165, 1.54) is 12.5 Å². The molecule has 0 saturated heterocycles. The number of rotatable bonds is 8. The SMILES string of the molecule is CCc1cccc(-c2cc(COC(C)(C)C(C)=O)nn2Cc2ccccc2Cl)c1. The van der Waals surface area contributed by atoms with E-state index in [0.29, 0.717) is 11.6 Å². The van der Waals surface area contributed by atoms with Crippen LogP contribution in [0.5, 0.6) is 0 Å². The van der Waals surface area contributed by atoms with E-state index in [2.05, 4.69) is 31.2 Å². The normalized spacial score (nSPS) is 11.6. The van der Waals surface area contributed by atoms with Gasteiger partial charge in [-0.05, 0) is 56.5 Å². The summed E-state index contributed by atoms with van der Waals surface area (Å²) in [6.07, 6.45) is 0.968. The third-order valence-electron chi connectivity index (χ3n) is 5.17. The van der Waals surface area contributed by atoms with Gasteiger partial charge in [-0.15, -0.1) is 0 Å². The third-order valence-corrected chi connectivity index (χ3v) is 5.54. The van der Waals surface area contributed by atoms with Gasteiger partial charge in [-0.25, -0.2) is 0 Å². The number of benzene rings is 2. The molecule has 29 heavy (non-hydrogen) atoms. The highest BCUT2D eigenvalue weighted by molar-refractivity contribution is 6.31. The summed E-state index contributed by atoms with van der Waals surface area (Å²) < 4.78 is 7.80. The highest BCUT2D eigenvalue weighted by atomic mass is 35.5. The van der Waals surface area contributed by atoms with Crippen LogP contribution in [0.3, 0.4) is 0 Å². The summed E-state index contributed by atoms with van der Waals surface area (Å²) in [5, 5.41) is 5.48. The monoisotopic (exact) mass is 410 g/mol. The van der Waals surface area contributed by atoms with Crippen LogP contribution in [-0.4, -0.2) is 21.2 Å². The molecule has 2 aromatic carbocycles. The maximum absolute atomic E-state index is 11.8. The summed E-state index contributed by atoms with van der Waals surface area (Å²) in [4.78, 5) is 11.8. The number of ketones is 1. The van der Waals surface area contributed by atoms with Crippen molar-refractivity contribution in [3.8, 4) is 11.3 Å². The number of aryl methyl sites for hydroxylation is 1. The van der Waals surface area contributed by atoms with Crippen LogP contribution in [0.4, 0.5) is 0 Å². The fourth-order valence-corrected chi connectivity index (χ4v) is 3.18. The molecule has 5 heteroatoms. The zero-order valence-electron chi connectivity index (χ0n) is 17.4. The lowest BCUT2D eigenvalue weighted by Crippen LogP contribution is -2.32. The fraction of sp³-hybridized carbons (Fsp3) is 0.333. The highest BCUT2D eigenvalue weighted by Crippen LogP contribution is 2.26. The maximum Gasteiger partial charge on any atom is 0.161 e. The second kappa shape index (κ2) is 8.93. The number of hydrogen-bond acceptors (Lipinski definition) is 3. The van der Waals surface area contributed by atoms with E-state index < -0.39 is 5.60 Å². The minimum absolute atomic E-state index is 0.0103. The molecule has 0 aliphatic heterocycles. The van der Waals surface area contributed by atoms with Crippen LogP contribution in [0.15, 0.2) is 54.6 Å². The molecule has 3 rings (SSSR count).